The predicted octanol–water partition coefficient (Wildman–Crippen LogP) is 2.15. The third kappa shape index (κ3) is 2.44. The molecule has 68 valence electrons. The second kappa shape index (κ2) is 4.25. The molecule has 2 rings (SSSR count). The molecule has 0 amide bonds. The lowest BCUT2D eigenvalue weighted by molar-refractivity contribution is 0.684. The third-order valence-corrected chi connectivity index (χ3v) is 2.49. The molecular formula is C10H11N2S-. The second-order valence-corrected chi connectivity index (χ2v) is 3.60. The average molecular weight is 191 g/mol. The molecule has 1 N–H and O–H groups in total. The molecule has 0 atom stereocenters. The minimum absolute atomic E-state index is 0.856. The Bertz CT molecular complexity index is 289. The van der Waals surface area contributed by atoms with E-state index in [1.807, 2.05) is 5.51 Å². The molecule has 3 heteroatoms. The van der Waals surface area contributed by atoms with Crippen LogP contribution in [-0.2, 0) is 13.1 Å². The van der Waals surface area contributed by atoms with Crippen molar-refractivity contribution in [3.05, 3.63) is 46.4 Å². The van der Waals surface area contributed by atoms with E-state index in [0.717, 1.165) is 18.8 Å². The molecule has 13 heavy (non-hydrogen) atoms. The van der Waals surface area contributed by atoms with E-state index in [1.54, 1.807) is 11.3 Å². The Labute approximate surface area is 81.6 Å². The van der Waals surface area contributed by atoms with E-state index in [2.05, 4.69) is 39.9 Å². The van der Waals surface area contributed by atoms with Crippen molar-refractivity contribution in [1.29, 1.82) is 0 Å². The number of hydrogen-bond acceptors (Lipinski definition) is 3. The Balaban J connectivity index is 1.76. The lowest BCUT2D eigenvalue weighted by Gasteiger charge is -2.04. The maximum Gasteiger partial charge on any atom is 0.0795 e. The molecule has 0 fully saturated rings. The molecule has 0 saturated heterocycles. The van der Waals surface area contributed by atoms with Crippen molar-refractivity contribution in [2.75, 3.05) is 0 Å². The highest BCUT2D eigenvalue weighted by Gasteiger charge is 1.91. The van der Waals surface area contributed by atoms with Gasteiger partial charge in [0.1, 0.15) is 0 Å². The molecule has 0 spiro atoms. The number of aromatic nitrogens is 1. The van der Waals surface area contributed by atoms with Gasteiger partial charge in [-0.3, -0.25) is 0 Å². The smallest absolute Gasteiger partial charge is 0.0795 e. The molecular weight excluding hydrogens is 180 g/mol. The monoisotopic (exact) mass is 191 g/mol. The van der Waals surface area contributed by atoms with E-state index in [0.29, 0.717) is 0 Å². The van der Waals surface area contributed by atoms with Crippen LogP contribution in [0.15, 0.2) is 35.2 Å². The van der Waals surface area contributed by atoms with Gasteiger partial charge in [0.05, 0.1) is 11.2 Å². The summed E-state index contributed by atoms with van der Waals surface area (Å²) in [4.78, 5) is 4.19. The van der Waals surface area contributed by atoms with Crippen LogP contribution in [0.1, 0.15) is 11.3 Å². The molecule has 1 aromatic carbocycles. The van der Waals surface area contributed by atoms with Crippen molar-refractivity contribution in [3.63, 3.8) is 0 Å². The van der Waals surface area contributed by atoms with E-state index >= 15 is 0 Å². The van der Waals surface area contributed by atoms with Crippen molar-refractivity contribution in [1.82, 2.24) is 10.3 Å². The average Bonchev–Trinajstić information content (AvgIpc) is 2.75. The Morgan fingerprint density at radius 2 is 2.46 bits per heavy atom. The Hall–Kier alpha value is -1.06. The summed E-state index contributed by atoms with van der Waals surface area (Å²) < 4.78 is 0. The van der Waals surface area contributed by atoms with E-state index in [4.69, 9.17) is 0 Å². The molecule has 0 aliphatic heterocycles. The normalized spacial score (nSPS) is 10.5. The first-order valence-corrected chi connectivity index (χ1v) is 5.18. The van der Waals surface area contributed by atoms with Crippen LogP contribution in [0.3, 0.4) is 0 Å². The molecule has 0 radical (unpaired) electrons. The number of rotatable bonds is 4. The van der Waals surface area contributed by atoms with Crippen molar-refractivity contribution in [3.8, 4) is 0 Å². The highest BCUT2D eigenvalue weighted by atomic mass is 32.1. The number of hydrogen-bond donors (Lipinski definition) is 1. The number of nitrogens with one attached hydrogen (secondary N) is 1. The summed E-state index contributed by atoms with van der Waals surface area (Å²) in [6.45, 7) is 1.78. The van der Waals surface area contributed by atoms with Crippen molar-refractivity contribution < 1.29 is 0 Å². The van der Waals surface area contributed by atoms with Crippen molar-refractivity contribution in [2.24, 2.45) is 0 Å². The molecule has 0 aliphatic carbocycles. The molecule has 0 unspecified atom stereocenters. The molecule has 2 nitrogen and oxygen atoms in total. The lowest BCUT2D eigenvalue weighted by Crippen LogP contribution is -2.12. The summed E-state index contributed by atoms with van der Waals surface area (Å²) in [7, 11) is 0. The maximum atomic E-state index is 4.19. The molecule has 1 aromatic heterocycles. The van der Waals surface area contributed by atoms with Gasteiger partial charge in [0, 0.05) is 11.9 Å². The van der Waals surface area contributed by atoms with Gasteiger partial charge in [-0.15, -0.1) is 11.3 Å². The van der Waals surface area contributed by atoms with E-state index in [9.17, 15) is 0 Å². The zero-order chi connectivity index (χ0) is 8.93. The van der Waals surface area contributed by atoms with Crippen LogP contribution in [0.25, 0.3) is 0 Å². The highest BCUT2D eigenvalue weighted by molar-refractivity contribution is 7.07. The van der Waals surface area contributed by atoms with Crippen LogP contribution in [0, 0.1) is 0 Å². The summed E-state index contributed by atoms with van der Waals surface area (Å²) in [5, 5.41) is 5.40. The Kier molecular flexibility index (Phi) is 2.79. The fourth-order valence-corrected chi connectivity index (χ4v) is 1.75. The van der Waals surface area contributed by atoms with Crippen LogP contribution in [0.4, 0.5) is 0 Å². The lowest BCUT2D eigenvalue weighted by atomic mass is 10.3. The first-order chi connectivity index (χ1) is 6.45. The van der Waals surface area contributed by atoms with E-state index in [1.165, 1.54) is 5.56 Å². The minimum atomic E-state index is 0.856. The van der Waals surface area contributed by atoms with Gasteiger partial charge in [-0.2, -0.15) is 23.8 Å². The van der Waals surface area contributed by atoms with Crippen LogP contribution in [0.2, 0.25) is 0 Å². The van der Waals surface area contributed by atoms with Gasteiger partial charge in [0.25, 0.3) is 0 Å². The number of nitrogens with zero attached hydrogens (tertiary/aromatic N) is 1. The molecule has 2 aromatic rings. The Morgan fingerprint density at radius 3 is 3.15 bits per heavy atom. The van der Waals surface area contributed by atoms with Crippen molar-refractivity contribution >= 4 is 11.3 Å². The fourth-order valence-electron chi connectivity index (χ4n) is 1.19. The summed E-state index contributed by atoms with van der Waals surface area (Å²) >= 11 is 1.64. The van der Waals surface area contributed by atoms with Gasteiger partial charge in [-0.05, 0) is 6.54 Å². The van der Waals surface area contributed by atoms with Gasteiger partial charge in [-0.25, -0.2) is 11.1 Å². The van der Waals surface area contributed by atoms with Gasteiger partial charge < -0.3 is 5.32 Å². The third-order valence-electron chi connectivity index (χ3n) is 1.85. The number of thiazole rings is 1. The summed E-state index contributed by atoms with van der Waals surface area (Å²) in [6.07, 6.45) is 0. The fraction of sp³-hybridized carbons (Fsp3) is 0.200. The second-order valence-electron chi connectivity index (χ2n) is 2.88. The summed E-state index contributed by atoms with van der Waals surface area (Å²) in [5.74, 6) is 0. The van der Waals surface area contributed by atoms with Crippen LogP contribution >= 0.6 is 11.3 Å². The van der Waals surface area contributed by atoms with Gasteiger partial charge in [-0.1, -0.05) is 0 Å². The van der Waals surface area contributed by atoms with Crippen LogP contribution in [0.5, 0.6) is 0 Å². The largest absolute Gasteiger partial charge is 0.319 e. The highest BCUT2D eigenvalue weighted by Crippen LogP contribution is 2.02. The first kappa shape index (κ1) is 8.53. The van der Waals surface area contributed by atoms with Gasteiger partial charge >= 0.3 is 0 Å². The molecule has 0 bridgehead atoms. The minimum Gasteiger partial charge on any atom is -0.319 e. The Morgan fingerprint density at radius 1 is 1.46 bits per heavy atom. The van der Waals surface area contributed by atoms with Crippen LogP contribution in [-0.4, -0.2) is 4.98 Å². The maximum absolute atomic E-state index is 4.19. The summed E-state index contributed by atoms with van der Waals surface area (Å²) in [5.41, 5.74) is 4.31. The molecule has 0 aliphatic rings. The van der Waals surface area contributed by atoms with Gasteiger partial charge in [0.2, 0.25) is 0 Å². The topological polar surface area (TPSA) is 24.9 Å². The van der Waals surface area contributed by atoms with Gasteiger partial charge in [0.15, 0.2) is 0 Å². The summed E-state index contributed by atoms with van der Waals surface area (Å²) in [6, 6.07) is 8.35. The molecule has 0 saturated carbocycles. The molecule has 1 heterocycles. The van der Waals surface area contributed by atoms with E-state index in [-0.39, 0.29) is 0 Å². The SMILES string of the molecule is c1cc(CNCc2cscn2)c[cH-]1. The zero-order valence-electron chi connectivity index (χ0n) is 7.23. The van der Waals surface area contributed by atoms with E-state index < -0.39 is 0 Å². The predicted molar refractivity (Wildman–Crippen MR) is 54.7 cm³/mol. The van der Waals surface area contributed by atoms with Crippen molar-refractivity contribution in [2.45, 2.75) is 13.1 Å². The zero-order valence-corrected chi connectivity index (χ0v) is 8.05. The van der Waals surface area contributed by atoms with Crippen LogP contribution < -0.4 is 5.32 Å². The first-order valence-electron chi connectivity index (χ1n) is 4.23. The standard InChI is InChI=1S/C10H11N2S/c1-2-4-9(3-1)5-11-6-10-7-13-8-12-10/h1-4,7-8,11H,5-6H2/q-1. The quantitative estimate of drug-likeness (QED) is 0.749.